The monoisotopic (exact) mass is 139 g/mol. The van der Waals surface area contributed by atoms with E-state index in [1.54, 1.807) is 6.20 Å². The largest absolute Gasteiger partial charge is 0.335 e. The van der Waals surface area contributed by atoms with Gasteiger partial charge in [0.25, 0.3) is 0 Å². The zero-order chi connectivity index (χ0) is 7.56. The molecule has 0 spiro atoms. The van der Waals surface area contributed by atoms with Crippen molar-refractivity contribution in [3.8, 4) is 0 Å². The zero-order valence-corrected chi connectivity index (χ0v) is 6.30. The van der Waals surface area contributed by atoms with Crippen LogP contribution >= 0.6 is 0 Å². The Balaban J connectivity index is 2.51. The molecule has 1 fully saturated rings. The lowest BCUT2D eigenvalue weighted by atomic mass is 10.3. The first-order valence-corrected chi connectivity index (χ1v) is 3.39. The molecule has 0 amide bonds. The van der Waals surface area contributed by atoms with Gasteiger partial charge in [0, 0.05) is 13.1 Å². The van der Waals surface area contributed by atoms with E-state index in [4.69, 9.17) is 5.41 Å². The van der Waals surface area contributed by atoms with Gasteiger partial charge in [-0.05, 0) is 13.2 Å². The molecule has 0 aromatic carbocycles. The van der Waals surface area contributed by atoms with Crippen LogP contribution in [0.4, 0.5) is 0 Å². The van der Waals surface area contributed by atoms with Gasteiger partial charge in [0.2, 0.25) is 0 Å². The van der Waals surface area contributed by atoms with Crippen LogP contribution in [0.1, 0.15) is 0 Å². The normalized spacial score (nSPS) is 21.3. The fourth-order valence-corrected chi connectivity index (χ4v) is 1.04. The van der Waals surface area contributed by atoms with E-state index in [0.29, 0.717) is 5.84 Å². The Labute approximate surface area is 61.4 Å². The highest BCUT2D eigenvalue weighted by atomic mass is 15.3. The van der Waals surface area contributed by atoms with Crippen LogP contribution in [0.3, 0.4) is 0 Å². The second-order valence-corrected chi connectivity index (χ2v) is 2.56. The van der Waals surface area contributed by atoms with Crippen LogP contribution in [0.5, 0.6) is 0 Å². The van der Waals surface area contributed by atoms with Gasteiger partial charge in [-0.3, -0.25) is 10.3 Å². The lowest BCUT2D eigenvalue weighted by Crippen LogP contribution is -2.45. The van der Waals surface area contributed by atoms with Crippen LogP contribution < -0.4 is 0 Å². The molecule has 0 aromatic heterocycles. The molecule has 0 radical (unpaired) electrons. The Bertz CT molecular complexity index is 153. The third-order valence-electron chi connectivity index (χ3n) is 1.71. The van der Waals surface area contributed by atoms with E-state index in [-0.39, 0.29) is 0 Å². The second-order valence-electron chi connectivity index (χ2n) is 2.56. The summed E-state index contributed by atoms with van der Waals surface area (Å²) in [5.74, 6) is 0.642. The van der Waals surface area contributed by atoms with Crippen LogP contribution in [0.2, 0.25) is 0 Å². The molecular formula is C7H13N3. The Morgan fingerprint density at radius 2 is 2.30 bits per heavy atom. The number of hydrogen-bond donors (Lipinski definition) is 1. The summed E-state index contributed by atoms with van der Waals surface area (Å²) in [7, 11) is 2.02. The van der Waals surface area contributed by atoms with Crippen molar-refractivity contribution in [3.05, 3.63) is 12.8 Å². The minimum atomic E-state index is 0.642. The highest BCUT2D eigenvalue weighted by Crippen LogP contribution is 2.00. The zero-order valence-electron chi connectivity index (χ0n) is 6.30. The Morgan fingerprint density at radius 3 is 2.80 bits per heavy atom. The van der Waals surface area contributed by atoms with Gasteiger partial charge in [0.05, 0.1) is 6.54 Å². The van der Waals surface area contributed by atoms with Crippen LogP contribution in [0, 0.1) is 5.41 Å². The fourth-order valence-electron chi connectivity index (χ4n) is 1.04. The maximum Gasteiger partial charge on any atom is 0.114 e. The van der Waals surface area contributed by atoms with Gasteiger partial charge < -0.3 is 4.90 Å². The van der Waals surface area contributed by atoms with E-state index in [0.717, 1.165) is 19.6 Å². The van der Waals surface area contributed by atoms with Gasteiger partial charge in [-0.15, -0.1) is 0 Å². The van der Waals surface area contributed by atoms with Gasteiger partial charge in [0.1, 0.15) is 5.84 Å². The molecule has 0 unspecified atom stereocenters. The molecule has 1 rings (SSSR count). The summed E-state index contributed by atoms with van der Waals surface area (Å²) < 4.78 is 0. The third-order valence-corrected chi connectivity index (χ3v) is 1.71. The summed E-state index contributed by atoms with van der Waals surface area (Å²) in [5.41, 5.74) is 0. The molecule has 1 aliphatic heterocycles. The van der Waals surface area contributed by atoms with Crippen LogP contribution in [-0.4, -0.2) is 42.3 Å². The van der Waals surface area contributed by atoms with Crippen molar-refractivity contribution in [1.29, 1.82) is 5.41 Å². The molecular weight excluding hydrogens is 126 g/mol. The van der Waals surface area contributed by atoms with Gasteiger partial charge in [-0.1, -0.05) is 6.58 Å². The predicted octanol–water partition coefficient (Wildman–Crippen LogP) is 0.355. The van der Waals surface area contributed by atoms with Gasteiger partial charge >= 0.3 is 0 Å². The highest BCUT2D eigenvalue weighted by molar-refractivity contribution is 5.82. The first kappa shape index (κ1) is 7.28. The smallest absolute Gasteiger partial charge is 0.114 e. The summed E-state index contributed by atoms with van der Waals surface area (Å²) in [4.78, 5) is 4.00. The van der Waals surface area contributed by atoms with Crippen molar-refractivity contribution >= 4 is 5.84 Å². The number of rotatable bonds is 1. The second kappa shape index (κ2) is 2.84. The van der Waals surface area contributed by atoms with Crippen molar-refractivity contribution in [2.24, 2.45) is 0 Å². The van der Waals surface area contributed by atoms with E-state index in [1.807, 2.05) is 11.9 Å². The quantitative estimate of drug-likeness (QED) is 0.568. The maximum atomic E-state index is 7.49. The molecule has 1 aliphatic rings. The number of nitrogens with one attached hydrogen (secondary N) is 1. The summed E-state index contributed by atoms with van der Waals surface area (Å²) >= 11 is 0. The molecule has 0 aromatic rings. The van der Waals surface area contributed by atoms with E-state index >= 15 is 0 Å². The van der Waals surface area contributed by atoms with E-state index in [9.17, 15) is 0 Å². The third kappa shape index (κ3) is 1.36. The number of likely N-dealkylation sites (N-methyl/N-ethyl adjacent to an activating group) is 1. The van der Waals surface area contributed by atoms with Crippen LogP contribution in [-0.2, 0) is 0 Å². The number of hydrogen-bond acceptors (Lipinski definition) is 2. The molecule has 0 aliphatic carbocycles. The standard InChI is InChI=1S/C7H13N3/c1-3-10-5-4-9(2)6-7(10)8/h3,8H,1,4-6H2,2H3. The molecule has 1 saturated heterocycles. The first-order chi connectivity index (χ1) is 4.74. The van der Waals surface area contributed by atoms with Crippen LogP contribution in [0.25, 0.3) is 0 Å². The average molecular weight is 139 g/mol. The molecule has 3 nitrogen and oxygen atoms in total. The molecule has 3 heteroatoms. The van der Waals surface area contributed by atoms with E-state index in [1.165, 1.54) is 0 Å². The number of amidine groups is 1. The molecule has 10 heavy (non-hydrogen) atoms. The summed E-state index contributed by atoms with van der Waals surface area (Å²) in [5, 5.41) is 7.49. The van der Waals surface area contributed by atoms with Gasteiger partial charge in [-0.25, -0.2) is 0 Å². The maximum absolute atomic E-state index is 7.49. The van der Waals surface area contributed by atoms with Crippen molar-refractivity contribution in [2.45, 2.75) is 0 Å². The van der Waals surface area contributed by atoms with Crippen LogP contribution in [0.15, 0.2) is 12.8 Å². The van der Waals surface area contributed by atoms with Crippen molar-refractivity contribution in [3.63, 3.8) is 0 Å². The summed E-state index contributed by atoms with van der Waals surface area (Å²) in [6.07, 6.45) is 1.72. The van der Waals surface area contributed by atoms with E-state index < -0.39 is 0 Å². The number of nitrogens with zero attached hydrogens (tertiary/aromatic N) is 2. The molecule has 1 heterocycles. The topological polar surface area (TPSA) is 30.3 Å². The Hall–Kier alpha value is -0.830. The first-order valence-electron chi connectivity index (χ1n) is 3.39. The van der Waals surface area contributed by atoms with Crippen molar-refractivity contribution in [2.75, 3.05) is 26.7 Å². The lowest BCUT2D eigenvalue weighted by Gasteiger charge is -2.31. The lowest BCUT2D eigenvalue weighted by molar-refractivity contribution is 0.300. The molecule has 0 saturated carbocycles. The minimum Gasteiger partial charge on any atom is -0.335 e. The summed E-state index contributed by atoms with van der Waals surface area (Å²) in [6.45, 7) is 6.29. The average Bonchev–Trinajstić information content (AvgIpc) is 1.88. The van der Waals surface area contributed by atoms with Crippen molar-refractivity contribution < 1.29 is 0 Å². The molecule has 0 bridgehead atoms. The fraction of sp³-hybridized carbons (Fsp3) is 0.571. The van der Waals surface area contributed by atoms with Gasteiger partial charge in [0.15, 0.2) is 0 Å². The molecule has 0 atom stereocenters. The summed E-state index contributed by atoms with van der Waals surface area (Å²) in [6, 6.07) is 0. The molecule has 56 valence electrons. The highest BCUT2D eigenvalue weighted by Gasteiger charge is 2.14. The van der Waals surface area contributed by atoms with E-state index in [2.05, 4.69) is 11.5 Å². The SMILES string of the molecule is C=CN1CCN(C)CC1=N. The number of piperazine rings is 1. The van der Waals surface area contributed by atoms with Crippen molar-refractivity contribution in [1.82, 2.24) is 9.80 Å². The minimum absolute atomic E-state index is 0.642. The predicted molar refractivity (Wildman–Crippen MR) is 42.1 cm³/mol. The Kier molecular flexibility index (Phi) is 2.06. The Morgan fingerprint density at radius 1 is 1.60 bits per heavy atom. The van der Waals surface area contributed by atoms with Gasteiger partial charge in [-0.2, -0.15) is 0 Å². The molecule has 1 N–H and O–H groups in total.